The van der Waals surface area contributed by atoms with E-state index in [9.17, 15) is 4.79 Å². The number of hydrogen-bond acceptors (Lipinski definition) is 4. The van der Waals surface area contributed by atoms with Gasteiger partial charge in [0.05, 0.1) is 34.5 Å². The lowest BCUT2D eigenvalue weighted by molar-refractivity contribution is 0.0955. The number of rotatable bonds is 7. The van der Waals surface area contributed by atoms with Crippen LogP contribution in [0.5, 0.6) is 11.5 Å². The molecular weight excluding hydrogens is 411 g/mol. The third-order valence-electron chi connectivity index (χ3n) is 3.71. The Bertz CT molecular complexity index is 856. The van der Waals surface area contributed by atoms with Gasteiger partial charge in [-0.1, -0.05) is 41.7 Å². The average molecular weight is 430 g/mol. The van der Waals surface area contributed by atoms with E-state index in [0.717, 1.165) is 6.42 Å². The molecule has 1 atom stereocenters. The Labute approximate surface area is 173 Å². The van der Waals surface area contributed by atoms with Crippen molar-refractivity contribution in [2.75, 3.05) is 7.11 Å². The highest BCUT2D eigenvalue weighted by atomic mass is 35.5. The first-order valence-electron chi connectivity index (χ1n) is 8.18. The zero-order chi connectivity index (χ0) is 20.0. The number of hydrazone groups is 1. The van der Waals surface area contributed by atoms with Crippen molar-refractivity contribution in [2.24, 2.45) is 5.10 Å². The summed E-state index contributed by atoms with van der Waals surface area (Å²) in [7, 11) is 1.53. The SMILES string of the molecule is CC[C@@H](C)Oc1c(Cl)cc(/C=N\NC(=O)c2ccc(Cl)c(Cl)c2)cc1OC. The fraction of sp³-hybridized carbons (Fsp3) is 0.263. The number of methoxy groups -OCH3 is 1. The van der Waals surface area contributed by atoms with Gasteiger partial charge >= 0.3 is 0 Å². The molecule has 2 aromatic carbocycles. The van der Waals surface area contributed by atoms with Crippen LogP contribution in [0.2, 0.25) is 15.1 Å². The van der Waals surface area contributed by atoms with Crippen LogP contribution in [0.15, 0.2) is 35.4 Å². The van der Waals surface area contributed by atoms with Gasteiger partial charge in [-0.15, -0.1) is 0 Å². The maximum absolute atomic E-state index is 12.1. The fourth-order valence-corrected chi connectivity index (χ4v) is 2.64. The number of carbonyl (C=O) groups excluding carboxylic acids is 1. The molecule has 0 radical (unpaired) electrons. The summed E-state index contributed by atoms with van der Waals surface area (Å²) in [4.78, 5) is 12.1. The standard InChI is InChI=1S/C19H19Cl3N2O3/c1-4-11(2)27-18-16(22)7-12(8-17(18)26-3)10-23-24-19(25)13-5-6-14(20)15(21)9-13/h5-11H,4H2,1-3H3,(H,24,25)/b23-10-/t11-/m1/s1. The molecule has 2 rings (SSSR count). The van der Waals surface area contributed by atoms with E-state index in [2.05, 4.69) is 10.5 Å². The Morgan fingerprint density at radius 3 is 2.56 bits per heavy atom. The molecule has 0 aromatic heterocycles. The van der Waals surface area contributed by atoms with Gasteiger partial charge in [0.25, 0.3) is 5.91 Å². The highest BCUT2D eigenvalue weighted by Crippen LogP contribution is 2.37. The van der Waals surface area contributed by atoms with E-state index in [1.54, 1.807) is 24.3 Å². The molecule has 1 amide bonds. The summed E-state index contributed by atoms with van der Waals surface area (Å²) < 4.78 is 11.1. The van der Waals surface area contributed by atoms with Crippen molar-refractivity contribution in [2.45, 2.75) is 26.4 Å². The van der Waals surface area contributed by atoms with Crippen LogP contribution < -0.4 is 14.9 Å². The third kappa shape index (κ3) is 5.76. The molecule has 2 aromatic rings. The second-order valence-corrected chi connectivity index (χ2v) is 6.92. The summed E-state index contributed by atoms with van der Waals surface area (Å²) in [6.07, 6.45) is 2.29. The fourth-order valence-electron chi connectivity index (χ4n) is 2.08. The third-order valence-corrected chi connectivity index (χ3v) is 4.73. The van der Waals surface area contributed by atoms with E-state index in [1.165, 1.54) is 19.4 Å². The highest BCUT2D eigenvalue weighted by molar-refractivity contribution is 6.42. The normalized spacial score (nSPS) is 12.1. The van der Waals surface area contributed by atoms with E-state index in [4.69, 9.17) is 44.3 Å². The van der Waals surface area contributed by atoms with Crippen LogP contribution in [0.4, 0.5) is 0 Å². The predicted octanol–water partition coefficient (Wildman–Crippen LogP) is 5.60. The van der Waals surface area contributed by atoms with E-state index < -0.39 is 5.91 Å². The molecule has 1 N–H and O–H groups in total. The van der Waals surface area contributed by atoms with Crippen LogP contribution in [-0.2, 0) is 0 Å². The van der Waals surface area contributed by atoms with E-state index in [-0.39, 0.29) is 6.10 Å². The van der Waals surface area contributed by atoms with Crippen molar-refractivity contribution in [1.82, 2.24) is 5.43 Å². The van der Waals surface area contributed by atoms with Crippen LogP contribution >= 0.6 is 34.8 Å². The molecule has 8 heteroatoms. The Morgan fingerprint density at radius 1 is 1.19 bits per heavy atom. The first kappa shape index (κ1) is 21.4. The number of nitrogens with zero attached hydrogens (tertiary/aromatic N) is 1. The number of carbonyl (C=O) groups is 1. The van der Waals surface area contributed by atoms with Crippen molar-refractivity contribution >= 4 is 46.9 Å². The van der Waals surface area contributed by atoms with Crippen molar-refractivity contribution in [3.63, 3.8) is 0 Å². The zero-order valence-corrected chi connectivity index (χ0v) is 17.3. The molecule has 27 heavy (non-hydrogen) atoms. The predicted molar refractivity (Wildman–Crippen MR) is 110 cm³/mol. The Morgan fingerprint density at radius 2 is 1.93 bits per heavy atom. The van der Waals surface area contributed by atoms with Gasteiger partial charge < -0.3 is 9.47 Å². The maximum atomic E-state index is 12.1. The van der Waals surface area contributed by atoms with Crippen LogP contribution in [0, 0.1) is 0 Å². The molecule has 0 aliphatic carbocycles. The zero-order valence-electron chi connectivity index (χ0n) is 15.1. The van der Waals surface area contributed by atoms with Gasteiger partial charge in [-0.3, -0.25) is 4.79 Å². The number of hydrogen-bond donors (Lipinski definition) is 1. The Hall–Kier alpha value is -1.95. The van der Waals surface area contributed by atoms with Crippen molar-refractivity contribution in [3.8, 4) is 11.5 Å². The largest absolute Gasteiger partial charge is 0.493 e. The Balaban J connectivity index is 2.13. The van der Waals surface area contributed by atoms with Crippen LogP contribution in [0.3, 0.4) is 0 Å². The second kappa shape index (κ2) is 9.83. The lowest BCUT2D eigenvalue weighted by Crippen LogP contribution is -2.17. The number of amides is 1. The summed E-state index contributed by atoms with van der Waals surface area (Å²) >= 11 is 18.1. The molecule has 0 heterocycles. The van der Waals surface area contributed by atoms with Crippen molar-refractivity contribution < 1.29 is 14.3 Å². The van der Waals surface area contributed by atoms with Crippen molar-refractivity contribution in [1.29, 1.82) is 0 Å². The summed E-state index contributed by atoms with van der Waals surface area (Å²) in [5.74, 6) is 0.546. The van der Waals surface area contributed by atoms with Gasteiger partial charge in [0.2, 0.25) is 0 Å². The topological polar surface area (TPSA) is 59.9 Å². The number of benzene rings is 2. The molecule has 5 nitrogen and oxygen atoms in total. The van der Waals surface area contributed by atoms with Gasteiger partial charge in [-0.25, -0.2) is 5.43 Å². The molecule has 0 saturated heterocycles. The lowest BCUT2D eigenvalue weighted by atomic mass is 10.2. The molecule has 0 unspecified atom stereocenters. The van der Waals surface area contributed by atoms with Crippen LogP contribution in [0.25, 0.3) is 0 Å². The minimum Gasteiger partial charge on any atom is -0.493 e. The smallest absolute Gasteiger partial charge is 0.271 e. The highest BCUT2D eigenvalue weighted by Gasteiger charge is 2.14. The molecular formula is C19H19Cl3N2O3. The summed E-state index contributed by atoms with van der Waals surface area (Å²) in [6, 6.07) is 7.97. The first-order valence-corrected chi connectivity index (χ1v) is 9.31. The average Bonchev–Trinajstić information content (AvgIpc) is 2.65. The van der Waals surface area contributed by atoms with Gasteiger partial charge in [0.1, 0.15) is 0 Å². The van der Waals surface area contributed by atoms with Crippen molar-refractivity contribution in [3.05, 3.63) is 56.5 Å². The van der Waals surface area contributed by atoms with Gasteiger partial charge in [0, 0.05) is 5.56 Å². The molecule has 0 aliphatic heterocycles. The first-order chi connectivity index (χ1) is 12.8. The van der Waals surface area contributed by atoms with Crippen LogP contribution in [0.1, 0.15) is 36.2 Å². The Kier molecular flexibility index (Phi) is 7.78. The molecule has 0 fully saturated rings. The minimum atomic E-state index is -0.417. The van der Waals surface area contributed by atoms with Gasteiger partial charge in [-0.05, 0) is 49.2 Å². The van der Waals surface area contributed by atoms with Crippen LogP contribution in [-0.4, -0.2) is 25.3 Å². The van der Waals surface area contributed by atoms with E-state index in [0.29, 0.717) is 37.7 Å². The maximum Gasteiger partial charge on any atom is 0.271 e. The minimum absolute atomic E-state index is 0.00130. The lowest BCUT2D eigenvalue weighted by Gasteiger charge is -2.17. The summed E-state index contributed by atoms with van der Waals surface area (Å²) in [5.41, 5.74) is 3.40. The second-order valence-electron chi connectivity index (χ2n) is 5.70. The quantitative estimate of drug-likeness (QED) is 0.460. The van der Waals surface area contributed by atoms with Gasteiger partial charge in [0.15, 0.2) is 11.5 Å². The summed E-state index contributed by atoms with van der Waals surface area (Å²) in [5, 5.41) is 5.00. The van der Waals surface area contributed by atoms with E-state index >= 15 is 0 Å². The van der Waals surface area contributed by atoms with E-state index in [1.807, 2.05) is 13.8 Å². The van der Waals surface area contributed by atoms with Gasteiger partial charge in [-0.2, -0.15) is 5.10 Å². The number of halogens is 3. The molecule has 0 bridgehead atoms. The molecule has 0 saturated carbocycles. The molecule has 0 spiro atoms. The number of nitrogens with one attached hydrogen (secondary N) is 1. The summed E-state index contributed by atoms with van der Waals surface area (Å²) in [6.45, 7) is 3.96. The number of ether oxygens (including phenoxy) is 2. The molecule has 0 aliphatic rings. The molecule has 144 valence electrons. The monoisotopic (exact) mass is 428 g/mol.